The van der Waals surface area contributed by atoms with Gasteiger partial charge in [0.15, 0.2) is 0 Å². The molecular formula is C92H142BrClN4O17. The third kappa shape index (κ3) is 68.3. The number of aromatic hydroxyl groups is 2. The Labute approximate surface area is 702 Å². The highest BCUT2D eigenvalue weighted by molar-refractivity contribution is 8.93. The summed E-state index contributed by atoms with van der Waals surface area (Å²) >= 11 is 5.08. The number of hydrogen-bond donors (Lipinski definition) is 14. The number of carboxylic acids is 1. The molecule has 1 heterocycles. The lowest BCUT2D eigenvalue weighted by Crippen LogP contribution is -2.21. The lowest BCUT2D eigenvalue weighted by Gasteiger charge is -2.10. The average molecular weight is 1690 g/mol. The first-order chi connectivity index (χ1) is 54.8. The minimum absolute atomic E-state index is 0. The SMILES string of the molecule is Br.CC(C)CCC(=O)Cl.CCCCCc1ccc(O)cc1.CCCCCc1ccc(OCC(O)CO)cc1.Cc1ccc(CCCC(=O)O)cc1.Cc1ccc(CCCC(N)=O)cc1.NCCCCc1ccc(O)cc1.NCCCCc1ccc(OCC(O)CO)cc1.NCCCCc1ccc(OCC(O)CO)cc1.OCC1CO1. The molecule has 0 spiro atoms. The summed E-state index contributed by atoms with van der Waals surface area (Å²) in [7, 11) is 0. The summed E-state index contributed by atoms with van der Waals surface area (Å²) in [5.74, 6) is 2.49. The van der Waals surface area contributed by atoms with Crippen LogP contribution in [0.1, 0.15) is 193 Å². The first-order valence-electron chi connectivity index (χ1n) is 40.6. The number of carboxylic acid groups (broad SMARTS) is 1. The Kier molecular flexibility index (Phi) is 70.5. The molecule has 8 rings (SSSR count). The zero-order chi connectivity index (χ0) is 84.8. The predicted octanol–water partition coefficient (Wildman–Crippen LogP) is 14.7. The number of hydrogen-bond acceptors (Lipinski definition) is 19. The van der Waals surface area contributed by atoms with Gasteiger partial charge in [0.25, 0.3) is 0 Å². The number of amides is 1. The number of aliphatic hydroxyl groups is 7. The minimum Gasteiger partial charge on any atom is -0.508 e. The number of phenolic OH excluding ortho intramolecular Hbond substituents is 2. The van der Waals surface area contributed by atoms with Crippen LogP contribution < -0.4 is 37.1 Å². The van der Waals surface area contributed by atoms with E-state index < -0.39 is 24.3 Å². The molecule has 1 amide bonds. The van der Waals surface area contributed by atoms with Crippen LogP contribution in [0.4, 0.5) is 0 Å². The molecule has 7 aromatic rings. The molecule has 1 aliphatic rings. The zero-order valence-corrected chi connectivity index (χ0v) is 71.9. The number of aliphatic carboxylic acids is 1. The van der Waals surface area contributed by atoms with Crippen LogP contribution in [-0.4, -0.2) is 165 Å². The van der Waals surface area contributed by atoms with Crippen LogP contribution >= 0.6 is 28.6 Å². The summed E-state index contributed by atoms with van der Waals surface area (Å²) < 4.78 is 20.6. The summed E-state index contributed by atoms with van der Waals surface area (Å²) in [4.78, 5) is 30.8. The molecule has 4 atom stereocenters. The number of primary amides is 1. The molecule has 0 aromatic heterocycles. The van der Waals surface area contributed by atoms with Crippen LogP contribution in [-0.2, 0) is 64.1 Å². The van der Waals surface area contributed by atoms with E-state index in [1.165, 1.54) is 88.6 Å². The third-order valence-corrected chi connectivity index (χ3v) is 17.2. The number of phenols is 2. The monoisotopic (exact) mass is 1690 g/mol. The maximum Gasteiger partial charge on any atom is 0.303 e. The zero-order valence-electron chi connectivity index (χ0n) is 69.4. The van der Waals surface area contributed by atoms with Gasteiger partial charge in [0.2, 0.25) is 11.1 Å². The number of aryl methyl sites for hydroxylation is 9. The van der Waals surface area contributed by atoms with E-state index in [0.717, 1.165) is 135 Å². The van der Waals surface area contributed by atoms with Crippen molar-refractivity contribution < 1.29 is 84.4 Å². The molecule has 1 saturated heterocycles. The molecule has 7 aromatic carbocycles. The molecule has 1 aliphatic heterocycles. The normalized spacial score (nSPS) is 12.0. The van der Waals surface area contributed by atoms with E-state index in [2.05, 4.69) is 100 Å². The summed E-state index contributed by atoms with van der Waals surface area (Å²) in [6, 6.07) is 54.9. The number of epoxide rings is 1. The maximum absolute atomic E-state index is 10.5. The van der Waals surface area contributed by atoms with E-state index in [1.54, 1.807) is 24.3 Å². The highest BCUT2D eigenvalue weighted by Crippen LogP contribution is 2.19. The van der Waals surface area contributed by atoms with Crippen molar-refractivity contribution in [2.75, 3.05) is 72.5 Å². The molecule has 21 nitrogen and oxygen atoms in total. The van der Waals surface area contributed by atoms with Gasteiger partial charge in [-0.25, -0.2) is 0 Å². The topological polar surface area (TPSA) is 398 Å². The minimum atomic E-state index is -0.820. The number of rotatable bonds is 44. The quantitative estimate of drug-likeness (QED) is 0.00958. The third-order valence-electron chi connectivity index (χ3n) is 17.0. The van der Waals surface area contributed by atoms with E-state index in [1.807, 2.05) is 91.9 Å². The van der Waals surface area contributed by atoms with Gasteiger partial charge in [-0.15, -0.1) is 17.0 Å². The molecule has 0 bridgehead atoms. The molecule has 0 saturated carbocycles. The number of carbonyl (C=O) groups is 3. The number of ether oxygens (including phenoxy) is 4. The van der Waals surface area contributed by atoms with Crippen molar-refractivity contribution in [1.82, 2.24) is 0 Å². The smallest absolute Gasteiger partial charge is 0.303 e. The molecule has 0 radical (unpaired) electrons. The first-order valence-corrected chi connectivity index (χ1v) is 40.9. The lowest BCUT2D eigenvalue weighted by atomic mass is 10.1. The van der Waals surface area contributed by atoms with Gasteiger partial charge in [0.1, 0.15) is 73.0 Å². The van der Waals surface area contributed by atoms with Gasteiger partial charge in [-0.05, 0) is 266 Å². The maximum atomic E-state index is 10.5. The molecule has 0 aliphatic carbocycles. The second-order valence-electron chi connectivity index (χ2n) is 28.3. The number of carbonyl (C=O) groups excluding carboxylic acids is 2. The highest BCUT2D eigenvalue weighted by atomic mass is 79.9. The van der Waals surface area contributed by atoms with Crippen LogP contribution in [0.25, 0.3) is 0 Å². The Morgan fingerprint density at radius 2 is 0.687 bits per heavy atom. The van der Waals surface area contributed by atoms with E-state index in [9.17, 15) is 14.4 Å². The number of benzene rings is 7. The van der Waals surface area contributed by atoms with E-state index in [-0.39, 0.29) is 86.9 Å². The van der Waals surface area contributed by atoms with Gasteiger partial charge in [0, 0.05) is 19.3 Å². The fourth-order valence-corrected chi connectivity index (χ4v) is 10.0. The van der Waals surface area contributed by atoms with Gasteiger partial charge in [0.05, 0.1) is 33.0 Å². The first kappa shape index (κ1) is 110. The molecule has 115 heavy (non-hydrogen) atoms. The summed E-state index contributed by atoms with van der Waals surface area (Å²) in [6.07, 6.45) is 22.6. The Morgan fingerprint density at radius 1 is 0.426 bits per heavy atom. The standard InChI is InChI=1S/C14H22O3.2C13H21NO3.C11H15NO.C11H14O2.C11H16O.C10H15NO.C6H11ClO.C3H6O2.BrH/c1-2-3-4-5-12-6-8-14(9-7-12)17-11-13(16)10-15;2*14-8-2-1-3-11-4-6-13(7-5-11)17-10-12(16)9-15;2*1-9-5-7-10(8-6-9)3-2-4-11(12)13;1-2-3-4-5-10-6-8-11(12)9-7-10;11-8-2-1-3-9-4-6-10(12)7-5-9;1-5(2)3-4-6(7)8;4-1-3-2-5-3;/h6-9,13,15-16H,2-5,10-11H2,1H3;2*4-7,12,15-16H,1-3,8-10,14H2;5-8H,2-4H2,1H3,(H2,12,13);5-8H,2-4H2,1H3,(H,12,13);6-9,12H,2-5H2,1H3;4-7,12H,1-3,8,11H2;5H,3-4H2,1-2H3;3-4H,1-2H2;1H. The molecule has 1 fully saturated rings. The van der Waals surface area contributed by atoms with Crippen LogP contribution in [0.2, 0.25) is 0 Å². The van der Waals surface area contributed by atoms with Gasteiger partial charge in [-0.3, -0.25) is 14.4 Å². The molecule has 18 N–H and O–H groups in total. The van der Waals surface area contributed by atoms with Gasteiger partial charge in [-0.1, -0.05) is 174 Å². The van der Waals surface area contributed by atoms with Crippen molar-refractivity contribution >= 4 is 45.7 Å². The molecule has 646 valence electrons. The van der Waals surface area contributed by atoms with Crippen molar-refractivity contribution in [3.05, 3.63) is 220 Å². The summed E-state index contributed by atoms with van der Waals surface area (Å²) in [6.45, 7) is 15.4. The fraction of sp³-hybridized carbons (Fsp3) is 0.511. The van der Waals surface area contributed by atoms with Gasteiger partial charge >= 0.3 is 5.97 Å². The lowest BCUT2D eigenvalue weighted by molar-refractivity contribution is -0.137. The van der Waals surface area contributed by atoms with Crippen molar-refractivity contribution in [1.29, 1.82) is 0 Å². The Bertz CT molecular complexity index is 3110. The van der Waals surface area contributed by atoms with Crippen molar-refractivity contribution in [3.8, 4) is 28.7 Å². The highest BCUT2D eigenvalue weighted by Gasteiger charge is 2.20. The second-order valence-corrected chi connectivity index (χ2v) is 28.7. The Balaban J connectivity index is 0. The van der Waals surface area contributed by atoms with Crippen LogP contribution in [0.5, 0.6) is 28.7 Å². The van der Waals surface area contributed by atoms with Gasteiger partial charge < -0.3 is 92.9 Å². The van der Waals surface area contributed by atoms with E-state index in [4.69, 9.17) is 99.8 Å². The average Bonchev–Trinajstić information content (AvgIpc) is 1.91. The van der Waals surface area contributed by atoms with E-state index >= 15 is 0 Å². The van der Waals surface area contributed by atoms with Crippen molar-refractivity contribution in [2.24, 2.45) is 28.9 Å². The predicted molar refractivity (Wildman–Crippen MR) is 471 cm³/mol. The Hall–Kier alpha value is -7.52. The number of halogens is 2. The number of nitrogens with two attached hydrogens (primary N) is 4. The molecule has 4 unspecified atom stereocenters. The molecule has 23 heteroatoms. The Morgan fingerprint density at radius 3 is 0.896 bits per heavy atom. The van der Waals surface area contributed by atoms with Crippen LogP contribution in [0.15, 0.2) is 170 Å². The fourth-order valence-electron chi connectivity index (χ4n) is 9.89. The number of aliphatic hydroxyl groups excluding tert-OH is 7. The summed E-state index contributed by atoms with van der Waals surface area (Å²) in [5.41, 5.74) is 32.7. The van der Waals surface area contributed by atoms with Crippen LogP contribution in [0, 0.1) is 19.8 Å². The largest absolute Gasteiger partial charge is 0.508 e. The van der Waals surface area contributed by atoms with Crippen molar-refractivity contribution in [3.63, 3.8) is 0 Å². The van der Waals surface area contributed by atoms with E-state index in [0.29, 0.717) is 41.8 Å². The van der Waals surface area contributed by atoms with Crippen LogP contribution in [0.3, 0.4) is 0 Å². The summed E-state index contributed by atoms with van der Waals surface area (Å²) in [5, 5.41) is 87.7. The van der Waals surface area contributed by atoms with Crippen molar-refractivity contribution in [2.45, 2.75) is 226 Å². The van der Waals surface area contributed by atoms with Gasteiger partial charge in [-0.2, -0.15) is 0 Å². The molecular weight excluding hydrogens is 1550 g/mol. The second kappa shape index (κ2) is 74.1. The number of unbranched alkanes of at least 4 members (excludes halogenated alkanes) is 7.